The highest BCUT2D eigenvalue weighted by Gasteiger charge is 2.33. The summed E-state index contributed by atoms with van der Waals surface area (Å²) in [7, 11) is 0. The molecule has 0 aliphatic heterocycles. The smallest absolute Gasteiger partial charge is 0.220 e. The van der Waals surface area contributed by atoms with Crippen molar-refractivity contribution in [1.29, 1.82) is 0 Å². The van der Waals surface area contributed by atoms with Crippen LogP contribution in [0, 0.1) is 29.1 Å². The Bertz CT molecular complexity index is 443. The first-order valence-electron chi connectivity index (χ1n) is 11.5. The van der Waals surface area contributed by atoms with Crippen LogP contribution in [0.3, 0.4) is 0 Å². The zero-order valence-corrected chi connectivity index (χ0v) is 17.3. The van der Waals surface area contributed by atoms with Gasteiger partial charge >= 0.3 is 0 Å². The van der Waals surface area contributed by atoms with Crippen molar-refractivity contribution in [1.82, 2.24) is 5.32 Å². The van der Waals surface area contributed by atoms with Crippen LogP contribution in [-0.2, 0) is 4.79 Å². The first kappa shape index (κ1) is 20.2. The summed E-state index contributed by atoms with van der Waals surface area (Å²) in [6, 6.07) is 0.771. The number of amides is 1. The molecule has 26 heavy (non-hydrogen) atoms. The monoisotopic (exact) mass is 362 g/mol. The summed E-state index contributed by atoms with van der Waals surface area (Å²) >= 11 is 0. The second kappa shape index (κ2) is 9.08. The van der Waals surface area contributed by atoms with E-state index in [1.165, 1.54) is 77.2 Å². The van der Waals surface area contributed by atoms with Crippen LogP contribution in [-0.4, -0.2) is 18.5 Å². The number of hydrogen-bond acceptors (Lipinski definition) is 2. The molecule has 1 amide bonds. The molecule has 0 saturated heterocycles. The summed E-state index contributed by atoms with van der Waals surface area (Å²) in [6.07, 6.45) is 17.1. The summed E-state index contributed by atoms with van der Waals surface area (Å²) < 4.78 is 0. The number of primary amides is 1. The van der Waals surface area contributed by atoms with E-state index in [9.17, 15) is 4.79 Å². The first-order chi connectivity index (χ1) is 12.4. The summed E-state index contributed by atoms with van der Waals surface area (Å²) in [4.78, 5) is 11.5. The van der Waals surface area contributed by atoms with Gasteiger partial charge in [-0.3, -0.25) is 4.79 Å². The Morgan fingerprint density at radius 3 is 2.31 bits per heavy atom. The van der Waals surface area contributed by atoms with Gasteiger partial charge in [0.05, 0.1) is 0 Å². The highest BCUT2D eigenvalue weighted by atomic mass is 16.1. The van der Waals surface area contributed by atoms with Crippen LogP contribution in [0.2, 0.25) is 0 Å². The van der Waals surface area contributed by atoms with Crippen molar-refractivity contribution in [3.8, 4) is 0 Å². The van der Waals surface area contributed by atoms with Gasteiger partial charge in [0.25, 0.3) is 0 Å². The zero-order chi connectivity index (χ0) is 18.6. The second-order valence-corrected chi connectivity index (χ2v) is 10.5. The van der Waals surface area contributed by atoms with E-state index >= 15 is 0 Å². The van der Waals surface area contributed by atoms with E-state index in [2.05, 4.69) is 19.2 Å². The minimum atomic E-state index is -0.0550. The van der Waals surface area contributed by atoms with E-state index < -0.39 is 0 Å². The molecule has 3 aliphatic carbocycles. The third-order valence-corrected chi connectivity index (χ3v) is 8.00. The second-order valence-electron chi connectivity index (χ2n) is 10.5. The zero-order valence-electron chi connectivity index (χ0n) is 17.3. The van der Waals surface area contributed by atoms with E-state index in [4.69, 9.17) is 5.73 Å². The van der Waals surface area contributed by atoms with Gasteiger partial charge in [-0.05, 0) is 87.5 Å². The lowest BCUT2D eigenvalue weighted by molar-refractivity contribution is -0.123. The maximum absolute atomic E-state index is 11.5. The third-order valence-electron chi connectivity index (χ3n) is 8.00. The molecule has 3 saturated carbocycles. The molecular weight excluding hydrogens is 320 g/mol. The predicted octanol–water partition coefficient (Wildman–Crippen LogP) is 5.03. The van der Waals surface area contributed by atoms with Crippen LogP contribution in [0.25, 0.3) is 0 Å². The molecule has 3 heteroatoms. The van der Waals surface area contributed by atoms with Crippen molar-refractivity contribution in [3.05, 3.63) is 0 Å². The highest BCUT2D eigenvalue weighted by molar-refractivity contribution is 5.76. The van der Waals surface area contributed by atoms with Gasteiger partial charge in [0.1, 0.15) is 0 Å². The number of nitrogens with two attached hydrogens (primary N) is 1. The lowest BCUT2D eigenvalue weighted by Crippen LogP contribution is -2.37. The van der Waals surface area contributed by atoms with Crippen molar-refractivity contribution in [3.63, 3.8) is 0 Å². The largest absolute Gasteiger partial charge is 0.369 e. The van der Waals surface area contributed by atoms with Gasteiger partial charge in [0.2, 0.25) is 5.91 Å². The molecule has 2 atom stereocenters. The van der Waals surface area contributed by atoms with Gasteiger partial charge in [-0.2, -0.15) is 0 Å². The summed E-state index contributed by atoms with van der Waals surface area (Å²) in [5.74, 6) is 2.67. The number of carbonyl (C=O) groups excluding carboxylic acids is 1. The number of rotatable bonds is 6. The quantitative estimate of drug-likeness (QED) is 0.696. The van der Waals surface area contributed by atoms with Crippen LogP contribution in [0.4, 0.5) is 0 Å². The van der Waals surface area contributed by atoms with Crippen molar-refractivity contribution in [2.75, 3.05) is 6.54 Å². The lowest BCUT2D eigenvalue weighted by Gasteiger charge is -2.38. The molecule has 3 N–H and O–H groups in total. The van der Waals surface area contributed by atoms with Gasteiger partial charge < -0.3 is 11.1 Å². The SMILES string of the molecule is CC1(C)CCC(NCCC2CCC(C3CCCC(C(N)=O)C3)CC2)CC1. The Hall–Kier alpha value is -0.570. The molecular formula is C23H42N2O. The molecule has 2 unspecified atom stereocenters. The Morgan fingerprint density at radius 1 is 0.962 bits per heavy atom. The Morgan fingerprint density at radius 2 is 1.65 bits per heavy atom. The molecule has 3 aliphatic rings. The van der Waals surface area contributed by atoms with Crippen molar-refractivity contribution in [2.45, 2.75) is 103 Å². The fraction of sp³-hybridized carbons (Fsp3) is 0.957. The average molecular weight is 363 g/mol. The molecule has 0 radical (unpaired) electrons. The molecule has 3 nitrogen and oxygen atoms in total. The van der Waals surface area contributed by atoms with Gasteiger partial charge in [-0.25, -0.2) is 0 Å². The van der Waals surface area contributed by atoms with Gasteiger partial charge in [-0.15, -0.1) is 0 Å². The number of nitrogens with one attached hydrogen (secondary N) is 1. The van der Waals surface area contributed by atoms with E-state index in [0.29, 0.717) is 5.41 Å². The number of hydrogen-bond donors (Lipinski definition) is 2. The van der Waals surface area contributed by atoms with Gasteiger partial charge in [0.15, 0.2) is 0 Å². The molecule has 0 aromatic heterocycles. The van der Waals surface area contributed by atoms with E-state index in [-0.39, 0.29) is 11.8 Å². The molecule has 0 bridgehead atoms. The van der Waals surface area contributed by atoms with E-state index in [1.807, 2.05) is 0 Å². The molecule has 150 valence electrons. The Balaban J connectivity index is 1.31. The normalized spacial score (nSPS) is 35.9. The van der Waals surface area contributed by atoms with Crippen LogP contribution in [0.15, 0.2) is 0 Å². The maximum atomic E-state index is 11.5. The van der Waals surface area contributed by atoms with Gasteiger partial charge in [-0.1, -0.05) is 39.5 Å². The summed E-state index contributed by atoms with van der Waals surface area (Å²) in [5, 5.41) is 3.85. The summed E-state index contributed by atoms with van der Waals surface area (Å²) in [6.45, 7) is 6.05. The molecule has 0 aromatic rings. The fourth-order valence-corrected chi connectivity index (χ4v) is 5.96. The third kappa shape index (κ3) is 5.71. The van der Waals surface area contributed by atoms with Gasteiger partial charge in [0, 0.05) is 12.0 Å². The van der Waals surface area contributed by atoms with Crippen LogP contribution < -0.4 is 11.1 Å². The van der Waals surface area contributed by atoms with E-state index in [1.54, 1.807) is 0 Å². The minimum Gasteiger partial charge on any atom is -0.369 e. The number of carbonyl (C=O) groups is 1. The molecule has 0 heterocycles. The lowest BCUT2D eigenvalue weighted by atomic mass is 9.68. The summed E-state index contributed by atoms with van der Waals surface area (Å²) in [5.41, 5.74) is 6.14. The minimum absolute atomic E-state index is 0.0550. The fourth-order valence-electron chi connectivity index (χ4n) is 5.96. The first-order valence-corrected chi connectivity index (χ1v) is 11.5. The maximum Gasteiger partial charge on any atom is 0.220 e. The average Bonchev–Trinajstić information content (AvgIpc) is 2.64. The molecule has 3 rings (SSSR count). The van der Waals surface area contributed by atoms with Crippen LogP contribution in [0.1, 0.15) is 97.3 Å². The highest BCUT2D eigenvalue weighted by Crippen LogP contribution is 2.42. The Kier molecular flexibility index (Phi) is 7.05. The molecule has 3 fully saturated rings. The molecule has 0 aromatic carbocycles. The molecule has 0 spiro atoms. The van der Waals surface area contributed by atoms with Crippen LogP contribution >= 0.6 is 0 Å². The topological polar surface area (TPSA) is 55.1 Å². The van der Waals surface area contributed by atoms with E-state index in [0.717, 1.165) is 36.6 Å². The Labute approximate surface area is 161 Å². The van der Waals surface area contributed by atoms with Crippen molar-refractivity contribution < 1.29 is 4.79 Å². The van der Waals surface area contributed by atoms with Crippen molar-refractivity contribution >= 4 is 5.91 Å². The van der Waals surface area contributed by atoms with Crippen LogP contribution in [0.5, 0.6) is 0 Å². The van der Waals surface area contributed by atoms with Crippen molar-refractivity contribution in [2.24, 2.45) is 34.8 Å². The standard InChI is InChI=1S/C23H42N2O/c1-23(2)13-10-21(11-14-23)25-15-12-17-6-8-18(9-7-17)19-4-3-5-20(16-19)22(24)26/h17-21,25H,3-16H2,1-2H3,(H2,24,26). The predicted molar refractivity (Wildman–Crippen MR) is 109 cm³/mol.